The van der Waals surface area contributed by atoms with Crippen LogP contribution in [0.2, 0.25) is 0 Å². The summed E-state index contributed by atoms with van der Waals surface area (Å²) in [5.74, 6) is 3.31. The molecule has 0 aliphatic heterocycles. The highest BCUT2D eigenvalue weighted by atomic mass is 16.5. The average Bonchev–Trinajstić information content (AvgIpc) is 2.84. The van der Waals surface area contributed by atoms with Crippen molar-refractivity contribution in [2.24, 2.45) is 11.8 Å². The Morgan fingerprint density at radius 3 is 2.75 bits per heavy atom. The molecule has 4 nitrogen and oxygen atoms in total. The topological polar surface area (TPSA) is 61.3 Å². The molecule has 1 aromatic heterocycles. The van der Waals surface area contributed by atoms with Crippen LogP contribution in [0, 0.1) is 11.8 Å². The van der Waals surface area contributed by atoms with Crippen molar-refractivity contribution >= 4 is 5.88 Å². The number of methoxy groups -OCH3 is 1. The number of fused-ring (bicyclic) bond motifs is 1. The van der Waals surface area contributed by atoms with Crippen molar-refractivity contribution in [3.05, 3.63) is 30.0 Å². The molecule has 0 bridgehead atoms. The van der Waals surface area contributed by atoms with E-state index in [4.69, 9.17) is 15.0 Å². The number of anilines is 1. The first-order valence-corrected chi connectivity index (χ1v) is 7.19. The van der Waals surface area contributed by atoms with Crippen molar-refractivity contribution in [1.82, 2.24) is 5.16 Å². The molecule has 2 aliphatic rings. The minimum Gasteiger partial charge on any atom is -0.496 e. The van der Waals surface area contributed by atoms with Crippen LogP contribution in [0.1, 0.15) is 30.9 Å². The van der Waals surface area contributed by atoms with E-state index in [1.54, 1.807) is 7.11 Å². The SMILES string of the molecule is COc1ccccc1-c1c(C2C3CCCC32)noc1N. The summed E-state index contributed by atoms with van der Waals surface area (Å²) >= 11 is 0. The predicted octanol–water partition coefficient (Wildman–Crippen LogP) is 3.45. The van der Waals surface area contributed by atoms with Crippen LogP contribution >= 0.6 is 0 Å². The van der Waals surface area contributed by atoms with Crippen LogP contribution in [0.25, 0.3) is 11.1 Å². The molecule has 2 atom stereocenters. The molecule has 1 aromatic carbocycles. The lowest BCUT2D eigenvalue weighted by atomic mass is 9.99. The second kappa shape index (κ2) is 4.27. The van der Waals surface area contributed by atoms with Gasteiger partial charge in [0.1, 0.15) is 5.75 Å². The first-order chi connectivity index (χ1) is 9.81. The summed E-state index contributed by atoms with van der Waals surface area (Å²) in [6, 6.07) is 7.90. The van der Waals surface area contributed by atoms with Crippen LogP contribution in [-0.4, -0.2) is 12.3 Å². The minimum atomic E-state index is 0.398. The lowest BCUT2D eigenvalue weighted by Gasteiger charge is -2.09. The molecule has 2 unspecified atom stereocenters. The van der Waals surface area contributed by atoms with E-state index in [-0.39, 0.29) is 0 Å². The molecule has 0 spiro atoms. The smallest absolute Gasteiger partial charge is 0.230 e. The van der Waals surface area contributed by atoms with Gasteiger partial charge in [-0.3, -0.25) is 0 Å². The number of nitrogens with two attached hydrogens (primary N) is 1. The molecule has 20 heavy (non-hydrogen) atoms. The summed E-state index contributed by atoms with van der Waals surface area (Å²) in [7, 11) is 1.67. The van der Waals surface area contributed by atoms with E-state index in [9.17, 15) is 0 Å². The maximum absolute atomic E-state index is 6.03. The number of hydrogen-bond acceptors (Lipinski definition) is 4. The number of rotatable bonds is 3. The number of benzene rings is 1. The first kappa shape index (κ1) is 11.8. The monoisotopic (exact) mass is 270 g/mol. The normalized spacial score (nSPS) is 27.4. The molecule has 2 aromatic rings. The Bertz CT molecular complexity index is 640. The van der Waals surface area contributed by atoms with Crippen LogP contribution in [-0.2, 0) is 0 Å². The van der Waals surface area contributed by atoms with E-state index < -0.39 is 0 Å². The van der Waals surface area contributed by atoms with Crippen molar-refractivity contribution < 1.29 is 9.26 Å². The Kier molecular flexibility index (Phi) is 2.52. The molecule has 2 aliphatic carbocycles. The molecule has 2 saturated carbocycles. The van der Waals surface area contributed by atoms with Crippen LogP contribution in [0.4, 0.5) is 5.88 Å². The molecule has 104 valence electrons. The third-order valence-electron chi connectivity index (χ3n) is 4.84. The molecule has 4 heteroatoms. The van der Waals surface area contributed by atoms with E-state index >= 15 is 0 Å². The highest BCUT2D eigenvalue weighted by molar-refractivity contribution is 5.80. The second-order valence-electron chi connectivity index (χ2n) is 5.79. The summed E-state index contributed by atoms with van der Waals surface area (Å²) in [5, 5.41) is 4.26. The van der Waals surface area contributed by atoms with Gasteiger partial charge in [0.25, 0.3) is 0 Å². The maximum atomic E-state index is 6.03. The number of nitrogens with zero attached hydrogens (tertiary/aromatic N) is 1. The van der Waals surface area contributed by atoms with Gasteiger partial charge in [0.05, 0.1) is 18.4 Å². The van der Waals surface area contributed by atoms with Crippen molar-refractivity contribution in [2.75, 3.05) is 12.8 Å². The quantitative estimate of drug-likeness (QED) is 0.928. The molecular weight excluding hydrogens is 252 g/mol. The van der Waals surface area contributed by atoms with Crippen molar-refractivity contribution in [1.29, 1.82) is 0 Å². The lowest BCUT2D eigenvalue weighted by Crippen LogP contribution is -1.95. The maximum Gasteiger partial charge on any atom is 0.230 e. The van der Waals surface area contributed by atoms with Crippen molar-refractivity contribution in [3.8, 4) is 16.9 Å². The van der Waals surface area contributed by atoms with E-state index in [1.807, 2.05) is 24.3 Å². The van der Waals surface area contributed by atoms with Crippen LogP contribution in [0.5, 0.6) is 5.75 Å². The van der Waals surface area contributed by atoms with Gasteiger partial charge < -0.3 is 15.0 Å². The zero-order valence-corrected chi connectivity index (χ0v) is 11.5. The lowest BCUT2D eigenvalue weighted by molar-refractivity contribution is 0.416. The molecule has 0 radical (unpaired) electrons. The fourth-order valence-corrected chi connectivity index (χ4v) is 3.89. The number of nitrogen functional groups attached to an aromatic ring is 1. The predicted molar refractivity (Wildman–Crippen MR) is 76.5 cm³/mol. The summed E-state index contributed by atoms with van der Waals surface area (Å²) in [6.07, 6.45) is 3.98. The standard InChI is InChI=1S/C16H18N2O2/c1-19-12-8-3-2-5-11(12)14-15(18-20-16(14)17)13-9-6-4-7-10(9)13/h2-3,5,8-10,13H,4,6-7,17H2,1H3. The average molecular weight is 270 g/mol. The first-order valence-electron chi connectivity index (χ1n) is 7.19. The van der Waals surface area contributed by atoms with Crippen molar-refractivity contribution in [3.63, 3.8) is 0 Å². The number of ether oxygens (including phenoxy) is 1. The largest absolute Gasteiger partial charge is 0.496 e. The van der Waals surface area contributed by atoms with Crippen molar-refractivity contribution in [2.45, 2.75) is 25.2 Å². The Morgan fingerprint density at radius 1 is 1.25 bits per heavy atom. The van der Waals surface area contributed by atoms with E-state index in [0.29, 0.717) is 11.8 Å². The highest BCUT2D eigenvalue weighted by Crippen LogP contribution is 2.64. The zero-order chi connectivity index (χ0) is 13.7. The van der Waals surface area contributed by atoms with E-state index in [1.165, 1.54) is 19.3 Å². The fraction of sp³-hybridized carbons (Fsp3) is 0.438. The molecule has 2 N–H and O–H groups in total. The fourth-order valence-electron chi connectivity index (χ4n) is 3.89. The molecular formula is C16H18N2O2. The zero-order valence-electron chi connectivity index (χ0n) is 11.5. The van der Waals surface area contributed by atoms with Gasteiger partial charge in [-0.25, -0.2) is 0 Å². The summed E-state index contributed by atoms with van der Waals surface area (Å²) in [6.45, 7) is 0. The van der Waals surface area contributed by atoms with Crippen LogP contribution in [0.15, 0.2) is 28.8 Å². The van der Waals surface area contributed by atoms with Gasteiger partial charge in [0, 0.05) is 11.5 Å². The third kappa shape index (κ3) is 1.57. The number of hydrogen-bond donors (Lipinski definition) is 1. The molecule has 2 fully saturated rings. The third-order valence-corrected chi connectivity index (χ3v) is 4.84. The highest BCUT2D eigenvalue weighted by Gasteiger charge is 2.55. The van der Waals surface area contributed by atoms with Gasteiger partial charge >= 0.3 is 0 Å². The number of aromatic nitrogens is 1. The van der Waals surface area contributed by atoms with Gasteiger partial charge in [0.15, 0.2) is 0 Å². The van der Waals surface area contributed by atoms with Gasteiger partial charge in [-0.15, -0.1) is 0 Å². The van der Waals surface area contributed by atoms with E-state index in [0.717, 1.165) is 34.4 Å². The van der Waals surface area contributed by atoms with Crippen LogP contribution < -0.4 is 10.5 Å². The Balaban J connectivity index is 1.80. The number of para-hydroxylation sites is 1. The Morgan fingerprint density at radius 2 is 2.00 bits per heavy atom. The summed E-state index contributed by atoms with van der Waals surface area (Å²) in [4.78, 5) is 0. The van der Waals surface area contributed by atoms with Gasteiger partial charge in [0.2, 0.25) is 5.88 Å². The molecule has 4 rings (SSSR count). The summed E-state index contributed by atoms with van der Waals surface area (Å²) < 4.78 is 10.7. The van der Waals surface area contributed by atoms with Gasteiger partial charge in [-0.1, -0.05) is 29.8 Å². The minimum absolute atomic E-state index is 0.398. The molecule has 1 heterocycles. The summed E-state index contributed by atoms with van der Waals surface area (Å²) in [5.41, 5.74) is 8.97. The van der Waals surface area contributed by atoms with E-state index in [2.05, 4.69) is 5.16 Å². The Hall–Kier alpha value is -1.97. The van der Waals surface area contributed by atoms with Crippen LogP contribution in [0.3, 0.4) is 0 Å². The molecule has 0 saturated heterocycles. The second-order valence-corrected chi connectivity index (χ2v) is 5.79. The van der Waals surface area contributed by atoms with Gasteiger partial charge in [-0.2, -0.15) is 0 Å². The molecule has 0 amide bonds. The Labute approximate surface area is 117 Å². The van der Waals surface area contributed by atoms with Gasteiger partial charge in [-0.05, 0) is 30.7 Å².